The molecule has 0 N–H and O–H groups in total. The van der Waals surface area contributed by atoms with E-state index in [2.05, 4.69) is 162 Å². The molecule has 11 rings (SSSR count). The fraction of sp³-hybridized carbons (Fsp3) is 0.184. The molecule has 1 aliphatic rings. The van der Waals surface area contributed by atoms with Gasteiger partial charge in [-0.25, -0.2) is 26.7 Å². The van der Waals surface area contributed by atoms with Crippen LogP contribution < -0.4 is 18.7 Å². The Morgan fingerprint density at radius 2 is 1.03 bits per heavy atom. The molecule has 0 amide bonds. The van der Waals surface area contributed by atoms with Gasteiger partial charge in [-0.2, -0.15) is 0 Å². The zero-order chi connectivity index (χ0) is 47.8. The van der Waals surface area contributed by atoms with E-state index in [1.807, 2.05) is 0 Å². The molecule has 0 radical (unpaired) electrons. The quantitative estimate of drug-likeness (QED) is 0.0386. The molecule has 20 heteroatoms. The highest BCUT2D eigenvalue weighted by molar-refractivity contribution is 7.85. The van der Waals surface area contributed by atoms with Crippen LogP contribution in [-0.2, 0) is 49.4 Å². The molecule has 69 heavy (non-hydrogen) atoms. The van der Waals surface area contributed by atoms with Crippen molar-refractivity contribution in [3.05, 3.63) is 181 Å². The van der Waals surface area contributed by atoms with Crippen LogP contribution in [0, 0.1) is 20.2 Å². The van der Waals surface area contributed by atoms with Crippen molar-refractivity contribution in [3.63, 3.8) is 0 Å². The lowest BCUT2D eigenvalue weighted by Gasteiger charge is -2.10. The number of nitro benzene ring substituents is 2. The summed E-state index contributed by atoms with van der Waals surface area (Å²) >= 11 is 3.41. The number of unbranched alkanes of at least 4 members (excludes halogenated alkanes) is 1. The van der Waals surface area contributed by atoms with E-state index in [9.17, 15) is 33.2 Å². The Labute approximate surface area is 401 Å². The number of imidazole rings is 2. The molecule has 6 aromatic carbocycles. The minimum Gasteiger partial charge on any atom is -0.744 e. The Kier molecular flexibility index (Phi) is 12.3. The van der Waals surface area contributed by atoms with Crippen molar-refractivity contribution in [1.82, 2.24) is 18.3 Å². The predicted octanol–water partition coefficient (Wildman–Crippen LogP) is 8.26. The highest BCUT2D eigenvalue weighted by atomic mass is 32.2. The summed E-state index contributed by atoms with van der Waals surface area (Å²) in [7, 11) is -4.97. The van der Waals surface area contributed by atoms with Crippen molar-refractivity contribution < 1.29 is 32.0 Å². The van der Waals surface area contributed by atoms with E-state index in [0.717, 1.165) is 61.7 Å². The smallest absolute Gasteiger partial charge is 0.374 e. The maximum absolute atomic E-state index is 10.6. The van der Waals surface area contributed by atoms with Crippen LogP contribution in [0.5, 0.6) is 0 Å². The topological polar surface area (TPSA) is 196 Å². The zero-order valence-electron chi connectivity index (χ0n) is 37.1. The molecule has 0 atom stereocenters. The normalized spacial score (nSPS) is 13.0. The van der Waals surface area contributed by atoms with Gasteiger partial charge in [-0.05, 0) is 73.9 Å². The zero-order valence-corrected chi connectivity index (χ0v) is 39.5. The number of hydrogen-bond donors (Lipinski definition) is 0. The molecular weight excluding hydrogens is 937 g/mol. The monoisotopic (exact) mass is 979 g/mol. The van der Waals surface area contributed by atoms with Crippen LogP contribution >= 0.6 is 22.7 Å². The molecule has 0 aliphatic carbocycles. The van der Waals surface area contributed by atoms with E-state index in [1.54, 1.807) is 22.7 Å². The SMILES string of the molecule is CCn1c2[n+](c3ccccc31)CC[n+]1c-2n(CCCCn2c(=NN=c3sc4ccccc4n3Cc3ccccc3)sc3ccccc32)c2ccccc21.O=[N+]([O-])c1cc([N+](=O)[O-])cc(S(=O)(=O)[O-])c1. The van der Waals surface area contributed by atoms with Crippen LogP contribution in [0.1, 0.15) is 25.3 Å². The Balaban J connectivity index is 0.000000296. The minimum absolute atomic E-state index is 0.468. The van der Waals surface area contributed by atoms with Gasteiger partial charge in [0.1, 0.15) is 23.2 Å². The molecule has 4 aromatic heterocycles. The van der Waals surface area contributed by atoms with E-state index in [-0.39, 0.29) is 0 Å². The van der Waals surface area contributed by atoms with Gasteiger partial charge < -0.3 is 13.7 Å². The molecule has 348 valence electrons. The van der Waals surface area contributed by atoms with Crippen LogP contribution in [0.25, 0.3) is 54.1 Å². The first-order valence-corrected chi connectivity index (χ1v) is 25.2. The number of rotatable bonds is 12. The average molecular weight is 980 g/mol. The maximum Gasteiger partial charge on any atom is 0.374 e. The second-order valence-corrected chi connectivity index (χ2v) is 19.7. The Hall–Kier alpha value is -7.65. The highest BCUT2D eigenvalue weighted by Crippen LogP contribution is 2.29. The summed E-state index contributed by atoms with van der Waals surface area (Å²) in [4.78, 5) is 19.5. The largest absolute Gasteiger partial charge is 0.744 e. The van der Waals surface area contributed by atoms with E-state index in [0.29, 0.717) is 18.2 Å². The molecule has 0 bridgehead atoms. The van der Waals surface area contributed by atoms with E-state index in [1.165, 1.54) is 59.7 Å². The van der Waals surface area contributed by atoms with Gasteiger partial charge in [0.2, 0.25) is 9.60 Å². The van der Waals surface area contributed by atoms with Crippen LogP contribution in [-0.4, -0.2) is 41.1 Å². The van der Waals surface area contributed by atoms with Crippen LogP contribution in [0.4, 0.5) is 11.4 Å². The van der Waals surface area contributed by atoms with E-state index in [4.69, 9.17) is 10.2 Å². The number of non-ortho nitro benzene ring substituents is 2. The molecule has 0 spiro atoms. The Bertz CT molecular complexity index is 3820. The minimum atomic E-state index is -4.97. The van der Waals surface area contributed by atoms with Crippen LogP contribution in [0.2, 0.25) is 0 Å². The number of aromatic nitrogens is 6. The van der Waals surface area contributed by atoms with Crippen molar-refractivity contribution in [3.8, 4) is 11.6 Å². The molecule has 0 saturated carbocycles. The molecule has 5 heterocycles. The third-order valence-corrected chi connectivity index (χ3v) is 15.1. The fourth-order valence-electron chi connectivity index (χ4n) is 9.15. The maximum atomic E-state index is 10.6. The Morgan fingerprint density at radius 1 is 0.580 bits per heavy atom. The number of aryl methyl sites for hydroxylation is 5. The van der Waals surface area contributed by atoms with Gasteiger partial charge in [0, 0.05) is 18.7 Å². The summed E-state index contributed by atoms with van der Waals surface area (Å²) in [6.07, 6.45) is 2.06. The van der Waals surface area contributed by atoms with Gasteiger partial charge in [0.05, 0.1) is 60.9 Å². The molecule has 0 fully saturated rings. The van der Waals surface area contributed by atoms with Gasteiger partial charge >= 0.3 is 11.6 Å². The van der Waals surface area contributed by atoms with Gasteiger partial charge in [0.15, 0.2) is 22.1 Å². The first-order valence-electron chi connectivity index (χ1n) is 22.2. The molecule has 17 nitrogen and oxygen atoms in total. The van der Waals surface area contributed by atoms with Crippen molar-refractivity contribution in [1.29, 1.82) is 0 Å². The number of nitrogens with zero attached hydrogens (tertiary/aromatic N) is 10. The first kappa shape index (κ1) is 45.1. The summed E-state index contributed by atoms with van der Waals surface area (Å²) in [5.41, 5.74) is 7.22. The summed E-state index contributed by atoms with van der Waals surface area (Å²) in [5.74, 6) is 2.62. The van der Waals surface area contributed by atoms with Gasteiger partial charge in [-0.3, -0.25) is 20.2 Å². The Morgan fingerprint density at radius 3 is 1.57 bits per heavy atom. The number of benzene rings is 6. The third kappa shape index (κ3) is 8.74. The first-order chi connectivity index (χ1) is 33.5. The van der Waals surface area contributed by atoms with E-state index >= 15 is 0 Å². The number of nitro groups is 2. The van der Waals surface area contributed by atoms with Crippen molar-refractivity contribution >= 4 is 86.7 Å². The molecule has 0 saturated heterocycles. The number of fused-ring (bicyclic) bond motifs is 9. The average Bonchev–Trinajstić information content (AvgIpc) is 4.09. The highest BCUT2D eigenvalue weighted by Gasteiger charge is 2.41. The molecular formula is C49H43N10O7S3+. The van der Waals surface area contributed by atoms with Crippen LogP contribution in [0.15, 0.2) is 161 Å². The lowest BCUT2D eigenvalue weighted by atomic mass is 10.2. The fourth-order valence-corrected chi connectivity index (χ4v) is 11.7. The summed E-state index contributed by atoms with van der Waals surface area (Å²) in [5, 5.41) is 30.6. The number of hydrogen-bond acceptors (Lipinski definition) is 11. The van der Waals surface area contributed by atoms with Gasteiger partial charge in [-0.1, -0.05) is 102 Å². The lowest BCUT2D eigenvalue weighted by Crippen LogP contribution is -2.53. The lowest BCUT2D eigenvalue weighted by molar-refractivity contribution is -0.772. The number of para-hydroxylation sites is 6. The predicted molar refractivity (Wildman–Crippen MR) is 262 cm³/mol. The summed E-state index contributed by atoms with van der Waals surface area (Å²) in [6.45, 7) is 7.70. The number of thiazole rings is 2. The van der Waals surface area contributed by atoms with Gasteiger partial charge in [0.25, 0.3) is 11.4 Å². The van der Waals surface area contributed by atoms with Crippen molar-refractivity contribution in [2.75, 3.05) is 0 Å². The van der Waals surface area contributed by atoms with Gasteiger partial charge in [-0.15, -0.1) is 10.2 Å². The second-order valence-electron chi connectivity index (χ2n) is 16.3. The van der Waals surface area contributed by atoms with Crippen LogP contribution in [0.3, 0.4) is 0 Å². The third-order valence-electron chi connectivity index (χ3n) is 12.2. The van der Waals surface area contributed by atoms with Crippen molar-refractivity contribution in [2.45, 2.75) is 63.9 Å². The molecule has 1 aliphatic heterocycles. The standard InChI is InChI=1S/C43H40N8S2.C6H4N2O7S/c1-2-46-32-18-6-7-19-33(32)48-28-29-49-35-21-9-8-20-34(35)47(41(49)40(46)48)26-14-15-27-50-36-22-10-12-24-38(36)52-42(50)44-45-43-51(30-31-16-4-3-5-17-31)37-23-11-13-25-39(37)53-43;9-7(10)4-1-5(8(11)12)3-6(2-4)16(13,14)15/h3-13,16-25H,2,14-15,26-30H2,1H3;1-3H,(H,13,14,15)/q+2;/p-1. The van der Waals surface area contributed by atoms with E-state index < -0.39 is 36.2 Å². The molecule has 0 unspecified atom stereocenters. The molecule has 10 aromatic rings. The van der Waals surface area contributed by atoms with Crippen molar-refractivity contribution in [2.24, 2.45) is 10.2 Å². The second kappa shape index (κ2) is 18.8. The summed E-state index contributed by atoms with van der Waals surface area (Å²) in [6, 6.07) is 47.1. The summed E-state index contributed by atoms with van der Waals surface area (Å²) < 4.78 is 49.0.